The number of unbranched alkanes of at least 4 members (excludes halogenated alkanes) is 17. The number of allylic oxidation sites excluding steroid dienone is 4. The predicted molar refractivity (Wildman–Crippen MR) is 169 cm³/mol. The van der Waals surface area contributed by atoms with E-state index in [4.69, 9.17) is 4.74 Å². The van der Waals surface area contributed by atoms with Gasteiger partial charge in [0, 0.05) is 6.42 Å². The molecule has 0 saturated carbocycles. The molecule has 0 heterocycles. The Morgan fingerprint density at radius 2 is 1.11 bits per heavy atom. The summed E-state index contributed by atoms with van der Waals surface area (Å²) in [6.45, 7) is 3.43. The second-order valence-electron chi connectivity index (χ2n) is 11.4. The summed E-state index contributed by atoms with van der Waals surface area (Å²) in [7, 11) is 3.56. The third-order valence-corrected chi connectivity index (χ3v) is 7.84. The highest BCUT2D eigenvalue weighted by molar-refractivity contribution is 5.68. The molecule has 224 valence electrons. The van der Waals surface area contributed by atoms with Crippen molar-refractivity contribution in [1.29, 1.82) is 0 Å². The summed E-state index contributed by atoms with van der Waals surface area (Å²) in [4.78, 5) is 11.2. The van der Waals surface area contributed by atoms with Crippen molar-refractivity contribution in [2.75, 3.05) is 20.7 Å². The van der Waals surface area contributed by atoms with Gasteiger partial charge in [0.15, 0.2) is 0 Å². The van der Waals surface area contributed by atoms with Crippen LogP contribution in [0.5, 0.6) is 0 Å². The van der Waals surface area contributed by atoms with E-state index in [0.29, 0.717) is 6.42 Å². The number of rotatable bonds is 30. The van der Waals surface area contributed by atoms with Crippen LogP contribution >= 0.6 is 0 Å². The number of hydrogen-bond donors (Lipinski definition) is 1. The SMILES string of the molecule is CCCCCC/C=C\C/C=C\CCCCCCCCCCC(CCCCCCCCC(=O)OC)CCNC. The van der Waals surface area contributed by atoms with Crippen molar-refractivity contribution in [2.45, 2.75) is 167 Å². The Kier molecular flexibility index (Phi) is 31.2. The second-order valence-corrected chi connectivity index (χ2v) is 11.4. The van der Waals surface area contributed by atoms with Gasteiger partial charge in [-0.2, -0.15) is 0 Å². The van der Waals surface area contributed by atoms with Crippen molar-refractivity contribution in [1.82, 2.24) is 5.32 Å². The van der Waals surface area contributed by atoms with E-state index in [0.717, 1.165) is 31.7 Å². The highest BCUT2D eigenvalue weighted by Crippen LogP contribution is 2.22. The van der Waals surface area contributed by atoms with Gasteiger partial charge in [-0.05, 0) is 64.5 Å². The molecule has 1 unspecified atom stereocenters. The molecule has 0 aliphatic rings. The molecule has 0 spiro atoms. The maximum absolute atomic E-state index is 11.2. The Morgan fingerprint density at radius 3 is 1.61 bits per heavy atom. The molecule has 0 aromatic rings. The molecule has 1 atom stereocenters. The van der Waals surface area contributed by atoms with Gasteiger partial charge in [-0.25, -0.2) is 0 Å². The van der Waals surface area contributed by atoms with Gasteiger partial charge in [-0.3, -0.25) is 4.79 Å². The first-order valence-corrected chi connectivity index (χ1v) is 16.8. The molecular weight excluding hydrogens is 466 g/mol. The third-order valence-electron chi connectivity index (χ3n) is 7.84. The minimum Gasteiger partial charge on any atom is -0.469 e. The summed E-state index contributed by atoms with van der Waals surface area (Å²) in [6, 6.07) is 0. The van der Waals surface area contributed by atoms with E-state index >= 15 is 0 Å². The molecule has 0 aliphatic heterocycles. The van der Waals surface area contributed by atoms with E-state index in [1.165, 1.54) is 142 Å². The second kappa shape index (κ2) is 32.1. The van der Waals surface area contributed by atoms with Crippen LogP contribution in [0.2, 0.25) is 0 Å². The van der Waals surface area contributed by atoms with E-state index in [2.05, 4.69) is 43.6 Å². The van der Waals surface area contributed by atoms with E-state index in [1.54, 1.807) is 0 Å². The summed E-state index contributed by atoms with van der Waals surface area (Å²) in [6.07, 6.45) is 42.0. The van der Waals surface area contributed by atoms with Crippen LogP contribution in [0.25, 0.3) is 0 Å². The van der Waals surface area contributed by atoms with Crippen LogP contribution < -0.4 is 5.32 Å². The van der Waals surface area contributed by atoms with E-state index in [1.807, 2.05) is 0 Å². The van der Waals surface area contributed by atoms with Gasteiger partial charge < -0.3 is 10.1 Å². The quantitative estimate of drug-likeness (QED) is 0.0567. The largest absolute Gasteiger partial charge is 0.469 e. The van der Waals surface area contributed by atoms with Crippen LogP contribution in [0.3, 0.4) is 0 Å². The first-order valence-electron chi connectivity index (χ1n) is 16.8. The smallest absolute Gasteiger partial charge is 0.305 e. The molecule has 0 amide bonds. The molecular formula is C35H67NO2. The molecule has 0 bridgehead atoms. The zero-order valence-electron chi connectivity index (χ0n) is 26.1. The minimum atomic E-state index is -0.0666. The number of nitrogens with one attached hydrogen (secondary N) is 1. The Hall–Kier alpha value is -1.09. The lowest BCUT2D eigenvalue weighted by Gasteiger charge is -2.17. The maximum Gasteiger partial charge on any atom is 0.305 e. The van der Waals surface area contributed by atoms with Gasteiger partial charge >= 0.3 is 5.97 Å². The van der Waals surface area contributed by atoms with Crippen molar-refractivity contribution < 1.29 is 9.53 Å². The van der Waals surface area contributed by atoms with E-state index < -0.39 is 0 Å². The number of hydrogen-bond acceptors (Lipinski definition) is 3. The lowest BCUT2D eigenvalue weighted by molar-refractivity contribution is -0.140. The summed E-state index contributed by atoms with van der Waals surface area (Å²) >= 11 is 0. The van der Waals surface area contributed by atoms with Crippen molar-refractivity contribution in [3.05, 3.63) is 24.3 Å². The maximum atomic E-state index is 11.2. The standard InChI is InChI=1S/C35H67NO2/c1-4-5-6-7-8-9-10-11-12-13-14-15-16-17-18-19-20-23-26-29-34(32-33-36-2)30-27-24-21-22-25-28-31-35(37)38-3/h9-10,12-13,34,36H,4-8,11,14-33H2,1-3H3/b10-9-,13-12-. The van der Waals surface area contributed by atoms with Crippen molar-refractivity contribution >= 4 is 5.97 Å². The molecule has 3 nitrogen and oxygen atoms in total. The van der Waals surface area contributed by atoms with Crippen molar-refractivity contribution in [3.63, 3.8) is 0 Å². The van der Waals surface area contributed by atoms with Gasteiger partial charge in [0.05, 0.1) is 7.11 Å². The fourth-order valence-electron chi connectivity index (χ4n) is 5.24. The molecule has 0 aromatic carbocycles. The Balaban J connectivity index is 3.54. The highest BCUT2D eigenvalue weighted by atomic mass is 16.5. The van der Waals surface area contributed by atoms with Crippen LogP contribution in [-0.4, -0.2) is 26.7 Å². The topological polar surface area (TPSA) is 38.3 Å². The first-order chi connectivity index (χ1) is 18.7. The Morgan fingerprint density at radius 1 is 0.632 bits per heavy atom. The predicted octanol–water partition coefficient (Wildman–Crippen LogP) is 10.9. The summed E-state index contributed by atoms with van der Waals surface area (Å²) in [5.41, 5.74) is 0. The van der Waals surface area contributed by atoms with Gasteiger partial charge in [0.25, 0.3) is 0 Å². The molecule has 0 aliphatic carbocycles. The average molecular weight is 534 g/mol. The monoisotopic (exact) mass is 534 g/mol. The minimum absolute atomic E-state index is 0.0666. The van der Waals surface area contributed by atoms with Crippen molar-refractivity contribution in [2.24, 2.45) is 5.92 Å². The zero-order chi connectivity index (χ0) is 27.8. The molecule has 0 fully saturated rings. The highest BCUT2D eigenvalue weighted by Gasteiger charge is 2.08. The Labute approximate surface area is 239 Å². The number of methoxy groups -OCH3 is 1. The van der Waals surface area contributed by atoms with Crippen LogP contribution in [0, 0.1) is 5.92 Å². The van der Waals surface area contributed by atoms with Crippen LogP contribution in [0.15, 0.2) is 24.3 Å². The van der Waals surface area contributed by atoms with Crippen molar-refractivity contribution in [3.8, 4) is 0 Å². The molecule has 0 radical (unpaired) electrons. The lowest BCUT2D eigenvalue weighted by Crippen LogP contribution is -2.13. The van der Waals surface area contributed by atoms with E-state index in [-0.39, 0.29) is 5.97 Å². The zero-order valence-corrected chi connectivity index (χ0v) is 26.1. The fraction of sp³-hybridized carbons (Fsp3) is 0.857. The van der Waals surface area contributed by atoms with Gasteiger partial charge in [-0.1, -0.05) is 140 Å². The molecule has 0 saturated heterocycles. The van der Waals surface area contributed by atoms with Gasteiger partial charge in [0.2, 0.25) is 0 Å². The summed E-state index contributed by atoms with van der Waals surface area (Å²) < 4.78 is 4.71. The number of ether oxygens (including phenoxy) is 1. The van der Waals surface area contributed by atoms with Gasteiger partial charge in [0.1, 0.15) is 0 Å². The molecule has 1 N–H and O–H groups in total. The summed E-state index contributed by atoms with van der Waals surface area (Å²) in [5.74, 6) is 0.833. The summed E-state index contributed by atoms with van der Waals surface area (Å²) in [5, 5.41) is 3.35. The average Bonchev–Trinajstić information content (AvgIpc) is 2.93. The third kappa shape index (κ3) is 29.5. The molecule has 3 heteroatoms. The normalized spacial score (nSPS) is 12.6. The van der Waals surface area contributed by atoms with Gasteiger partial charge in [-0.15, -0.1) is 0 Å². The number of esters is 1. The Bertz CT molecular complexity index is 528. The van der Waals surface area contributed by atoms with Crippen LogP contribution in [0.1, 0.15) is 167 Å². The van der Waals surface area contributed by atoms with E-state index in [9.17, 15) is 4.79 Å². The molecule has 38 heavy (non-hydrogen) atoms. The van der Waals surface area contributed by atoms with Crippen LogP contribution in [0.4, 0.5) is 0 Å². The molecule has 0 aromatic heterocycles. The number of carbonyl (C=O) groups is 1. The van der Waals surface area contributed by atoms with Crippen LogP contribution in [-0.2, 0) is 9.53 Å². The lowest BCUT2D eigenvalue weighted by atomic mass is 9.91. The first kappa shape index (κ1) is 36.9. The number of carbonyl (C=O) groups excluding carboxylic acids is 1. The molecule has 0 rings (SSSR count). The fourth-order valence-corrected chi connectivity index (χ4v) is 5.24.